The number of benzene rings is 2. The van der Waals surface area contributed by atoms with E-state index in [4.69, 9.17) is 0 Å². The van der Waals surface area contributed by atoms with Gasteiger partial charge in [-0.15, -0.1) is 0 Å². The van der Waals surface area contributed by atoms with Crippen LogP contribution in [0.1, 0.15) is 56.8 Å². The fourth-order valence-corrected chi connectivity index (χ4v) is 3.35. The van der Waals surface area contributed by atoms with Crippen molar-refractivity contribution in [1.29, 1.82) is 0 Å². The molecule has 1 heterocycles. The highest BCUT2D eigenvalue weighted by Crippen LogP contribution is 2.52. The minimum atomic E-state index is 0.214. The molecule has 0 saturated carbocycles. The van der Waals surface area contributed by atoms with Gasteiger partial charge >= 0.3 is 0 Å². The van der Waals surface area contributed by atoms with E-state index in [1.54, 1.807) is 0 Å². The minimum Gasteiger partial charge on any atom is -0.333 e. The van der Waals surface area contributed by atoms with E-state index >= 15 is 0 Å². The summed E-state index contributed by atoms with van der Waals surface area (Å²) in [7, 11) is 0. The molecule has 21 heavy (non-hydrogen) atoms. The molecule has 0 N–H and O–H groups in total. The number of rotatable bonds is 2. The first-order valence-electron chi connectivity index (χ1n) is 7.92. The molecule has 1 atom stereocenters. The smallest absolute Gasteiger partial charge is 0.0609 e. The van der Waals surface area contributed by atoms with Crippen molar-refractivity contribution in [2.24, 2.45) is 0 Å². The maximum atomic E-state index is 2.50. The third kappa shape index (κ3) is 2.25. The maximum Gasteiger partial charge on any atom is 0.0609 e. The Balaban J connectivity index is 2.10. The second-order valence-corrected chi connectivity index (χ2v) is 7.11. The van der Waals surface area contributed by atoms with E-state index < -0.39 is 0 Å². The Morgan fingerprint density at radius 3 is 2.29 bits per heavy atom. The van der Waals surface area contributed by atoms with Gasteiger partial charge in [0.25, 0.3) is 0 Å². The summed E-state index contributed by atoms with van der Waals surface area (Å²) in [6.07, 6.45) is 1.15. The number of anilines is 2. The lowest BCUT2D eigenvalue weighted by atomic mass is 9.79. The van der Waals surface area contributed by atoms with Crippen LogP contribution in [0.2, 0.25) is 0 Å². The molecule has 3 rings (SSSR count). The average Bonchev–Trinajstić information content (AvgIpc) is 2.41. The molecule has 1 unspecified atom stereocenters. The zero-order valence-electron chi connectivity index (χ0n) is 13.8. The van der Waals surface area contributed by atoms with Crippen molar-refractivity contribution in [2.75, 3.05) is 4.90 Å². The van der Waals surface area contributed by atoms with Crippen molar-refractivity contribution in [1.82, 2.24) is 0 Å². The molecule has 0 bridgehead atoms. The fraction of sp³-hybridized carbons (Fsp3) is 0.400. The van der Waals surface area contributed by atoms with Crippen LogP contribution in [0.25, 0.3) is 0 Å². The van der Waals surface area contributed by atoms with Crippen LogP contribution in [-0.2, 0) is 5.41 Å². The van der Waals surface area contributed by atoms with Gasteiger partial charge in [-0.2, -0.15) is 0 Å². The summed E-state index contributed by atoms with van der Waals surface area (Å²) in [5.74, 6) is 0. The van der Waals surface area contributed by atoms with E-state index in [9.17, 15) is 0 Å². The second-order valence-electron chi connectivity index (χ2n) is 7.11. The number of fused-ring (bicyclic) bond motifs is 1. The Hall–Kier alpha value is -1.76. The van der Waals surface area contributed by atoms with Crippen LogP contribution < -0.4 is 4.90 Å². The fourth-order valence-electron chi connectivity index (χ4n) is 3.35. The van der Waals surface area contributed by atoms with E-state index in [2.05, 4.69) is 82.0 Å². The van der Waals surface area contributed by atoms with Gasteiger partial charge in [0, 0.05) is 11.4 Å². The highest BCUT2D eigenvalue weighted by Gasteiger charge is 2.36. The van der Waals surface area contributed by atoms with Crippen molar-refractivity contribution < 1.29 is 0 Å². The summed E-state index contributed by atoms with van der Waals surface area (Å²) in [4.78, 5) is 2.50. The summed E-state index contributed by atoms with van der Waals surface area (Å²) < 4.78 is 0. The topological polar surface area (TPSA) is 3.24 Å². The highest BCUT2D eigenvalue weighted by molar-refractivity contribution is 5.80. The van der Waals surface area contributed by atoms with Crippen LogP contribution >= 0.6 is 0 Å². The van der Waals surface area contributed by atoms with Crippen LogP contribution in [0.5, 0.6) is 0 Å². The SMILES string of the molecule is CCC1c2cc(C(C)(C)C)cc(C)c2N1c1ccccc1. The molecule has 0 fully saturated rings. The molecule has 0 radical (unpaired) electrons. The molecule has 2 aromatic carbocycles. The van der Waals surface area contributed by atoms with E-state index in [1.165, 1.54) is 28.1 Å². The Kier molecular flexibility index (Phi) is 3.32. The zero-order chi connectivity index (χ0) is 15.2. The first kappa shape index (κ1) is 14.2. The Morgan fingerprint density at radius 2 is 1.71 bits per heavy atom. The molecule has 1 aliphatic heterocycles. The van der Waals surface area contributed by atoms with Gasteiger partial charge in [-0.25, -0.2) is 0 Å². The van der Waals surface area contributed by atoms with Gasteiger partial charge in [0.05, 0.1) is 6.04 Å². The number of para-hydroxylation sites is 1. The Morgan fingerprint density at radius 1 is 1.05 bits per heavy atom. The molecule has 110 valence electrons. The number of nitrogens with zero attached hydrogens (tertiary/aromatic N) is 1. The third-order valence-electron chi connectivity index (χ3n) is 4.53. The maximum absolute atomic E-state index is 2.50. The first-order valence-corrected chi connectivity index (χ1v) is 7.92. The molecule has 0 aromatic heterocycles. The van der Waals surface area contributed by atoms with Crippen molar-refractivity contribution in [3.63, 3.8) is 0 Å². The van der Waals surface area contributed by atoms with Gasteiger partial charge in [0.15, 0.2) is 0 Å². The van der Waals surface area contributed by atoms with Crippen LogP contribution in [0, 0.1) is 6.92 Å². The van der Waals surface area contributed by atoms with Crippen molar-refractivity contribution in [2.45, 2.75) is 52.5 Å². The lowest BCUT2D eigenvalue weighted by molar-refractivity contribution is 0.574. The van der Waals surface area contributed by atoms with Gasteiger partial charge in [-0.1, -0.05) is 58.0 Å². The van der Waals surface area contributed by atoms with E-state index in [1.807, 2.05) is 0 Å². The average molecular weight is 279 g/mol. The lowest BCUT2D eigenvalue weighted by Crippen LogP contribution is -2.35. The van der Waals surface area contributed by atoms with Gasteiger partial charge in [-0.05, 0) is 47.6 Å². The quantitative estimate of drug-likeness (QED) is 0.662. The molecular weight excluding hydrogens is 254 g/mol. The molecule has 1 nitrogen and oxygen atoms in total. The monoisotopic (exact) mass is 279 g/mol. The predicted octanol–water partition coefficient (Wildman–Crippen LogP) is 5.90. The lowest BCUT2D eigenvalue weighted by Gasteiger charge is -2.46. The highest BCUT2D eigenvalue weighted by atomic mass is 15.2. The number of hydrogen-bond donors (Lipinski definition) is 0. The zero-order valence-corrected chi connectivity index (χ0v) is 13.8. The molecule has 0 spiro atoms. The summed E-state index contributed by atoms with van der Waals surface area (Å²) in [6.45, 7) is 11.4. The standard InChI is InChI=1S/C20H25N/c1-6-18-17-13-15(20(3,4)5)12-14(2)19(17)21(18)16-10-8-7-9-11-16/h7-13,18H,6H2,1-5H3. The van der Waals surface area contributed by atoms with Crippen LogP contribution in [-0.4, -0.2) is 0 Å². The van der Waals surface area contributed by atoms with E-state index in [0.29, 0.717) is 6.04 Å². The van der Waals surface area contributed by atoms with Gasteiger partial charge in [-0.3, -0.25) is 0 Å². The van der Waals surface area contributed by atoms with Crippen molar-refractivity contribution in [3.8, 4) is 0 Å². The van der Waals surface area contributed by atoms with Crippen LogP contribution in [0.4, 0.5) is 11.4 Å². The largest absolute Gasteiger partial charge is 0.333 e. The molecular formula is C20H25N. The van der Waals surface area contributed by atoms with Crippen molar-refractivity contribution in [3.05, 3.63) is 59.2 Å². The minimum absolute atomic E-state index is 0.214. The molecule has 0 saturated heterocycles. The summed E-state index contributed by atoms with van der Waals surface area (Å²) in [6, 6.07) is 16.1. The van der Waals surface area contributed by atoms with Gasteiger partial charge in [0.1, 0.15) is 0 Å². The molecule has 0 amide bonds. The van der Waals surface area contributed by atoms with E-state index in [-0.39, 0.29) is 5.41 Å². The van der Waals surface area contributed by atoms with Crippen molar-refractivity contribution >= 4 is 11.4 Å². The third-order valence-corrected chi connectivity index (χ3v) is 4.53. The van der Waals surface area contributed by atoms with E-state index in [0.717, 1.165) is 6.42 Å². The Labute approximate surface area is 128 Å². The number of aryl methyl sites for hydroxylation is 1. The molecule has 1 aliphatic rings. The summed E-state index contributed by atoms with van der Waals surface area (Å²) in [5.41, 5.74) is 7.30. The molecule has 1 heteroatoms. The summed E-state index contributed by atoms with van der Waals surface area (Å²) in [5, 5.41) is 0. The van der Waals surface area contributed by atoms with Crippen LogP contribution in [0.3, 0.4) is 0 Å². The molecule has 0 aliphatic carbocycles. The summed E-state index contributed by atoms with van der Waals surface area (Å²) >= 11 is 0. The van der Waals surface area contributed by atoms with Gasteiger partial charge < -0.3 is 4.90 Å². The molecule has 2 aromatic rings. The van der Waals surface area contributed by atoms with Gasteiger partial charge in [0.2, 0.25) is 0 Å². The van der Waals surface area contributed by atoms with Crippen LogP contribution in [0.15, 0.2) is 42.5 Å². The predicted molar refractivity (Wildman–Crippen MR) is 91.5 cm³/mol. The number of hydrogen-bond acceptors (Lipinski definition) is 1. The normalized spacial score (nSPS) is 17.4. The Bertz CT molecular complexity index is 650. The first-order chi connectivity index (χ1) is 9.93. The second kappa shape index (κ2) is 4.91.